The number of hydrogen-bond donors (Lipinski definition) is 1. The fourth-order valence-electron chi connectivity index (χ4n) is 2.63. The average Bonchev–Trinajstić information content (AvgIpc) is 2.56. The standard InChI is InChI=1S/C14H20N2S/c1-5-9-14(3,4)16-12-10(2)7-6-8-11(12)15-13(16)17/h6-8H,5,9H2,1-4H3,(H,15,17). The van der Waals surface area contributed by atoms with Crippen molar-refractivity contribution in [3.63, 3.8) is 0 Å². The van der Waals surface area contributed by atoms with E-state index in [9.17, 15) is 0 Å². The average molecular weight is 248 g/mol. The van der Waals surface area contributed by atoms with Gasteiger partial charge in [-0.1, -0.05) is 25.5 Å². The molecule has 92 valence electrons. The molecule has 1 N–H and O–H groups in total. The molecule has 0 saturated heterocycles. The minimum atomic E-state index is 0.0657. The summed E-state index contributed by atoms with van der Waals surface area (Å²) in [6.07, 6.45) is 2.29. The summed E-state index contributed by atoms with van der Waals surface area (Å²) in [4.78, 5) is 3.31. The van der Waals surface area contributed by atoms with E-state index in [0.29, 0.717) is 0 Å². The molecule has 2 aromatic rings. The lowest BCUT2D eigenvalue weighted by Crippen LogP contribution is -2.26. The van der Waals surface area contributed by atoms with Crippen LogP contribution < -0.4 is 0 Å². The zero-order chi connectivity index (χ0) is 12.6. The second-order valence-corrected chi connectivity index (χ2v) is 5.69. The second-order valence-electron chi connectivity index (χ2n) is 5.30. The van der Waals surface area contributed by atoms with Gasteiger partial charge in [-0.15, -0.1) is 0 Å². The zero-order valence-corrected chi connectivity index (χ0v) is 11.8. The first-order chi connectivity index (χ1) is 7.97. The molecule has 0 atom stereocenters. The number of benzene rings is 1. The molecule has 0 fully saturated rings. The smallest absolute Gasteiger partial charge is 0.178 e. The quantitative estimate of drug-likeness (QED) is 0.791. The Bertz CT molecular complexity index is 590. The summed E-state index contributed by atoms with van der Waals surface area (Å²) < 4.78 is 3.10. The van der Waals surface area contributed by atoms with Gasteiger partial charge in [0, 0.05) is 5.54 Å². The van der Waals surface area contributed by atoms with Crippen LogP contribution in [0.1, 0.15) is 39.2 Å². The molecule has 0 aliphatic carbocycles. The fraction of sp³-hybridized carbons (Fsp3) is 0.500. The molecule has 2 rings (SSSR count). The molecule has 0 aliphatic rings. The summed E-state index contributed by atoms with van der Waals surface area (Å²) in [5, 5.41) is 0. The van der Waals surface area contributed by atoms with Gasteiger partial charge in [0.1, 0.15) is 0 Å². The monoisotopic (exact) mass is 248 g/mol. The highest BCUT2D eigenvalue weighted by atomic mass is 32.1. The van der Waals surface area contributed by atoms with E-state index in [-0.39, 0.29) is 5.54 Å². The normalized spacial score (nSPS) is 12.2. The van der Waals surface area contributed by atoms with Crippen molar-refractivity contribution in [1.29, 1.82) is 0 Å². The molecular weight excluding hydrogens is 228 g/mol. The van der Waals surface area contributed by atoms with Crippen LogP contribution in [0, 0.1) is 11.7 Å². The first-order valence-corrected chi connectivity index (χ1v) is 6.59. The molecule has 3 heteroatoms. The van der Waals surface area contributed by atoms with Gasteiger partial charge < -0.3 is 9.55 Å². The van der Waals surface area contributed by atoms with Crippen LogP contribution in [0.3, 0.4) is 0 Å². The molecule has 0 saturated carbocycles. The number of aromatic nitrogens is 2. The molecule has 1 heterocycles. The van der Waals surface area contributed by atoms with Crippen molar-refractivity contribution in [2.75, 3.05) is 0 Å². The Labute approximate surface area is 108 Å². The second kappa shape index (κ2) is 4.30. The van der Waals surface area contributed by atoms with Gasteiger partial charge in [0.25, 0.3) is 0 Å². The minimum absolute atomic E-state index is 0.0657. The van der Waals surface area contributed by atoms with Crippen molar-refractivity contribution in [3.05, 3.63) is 28.5 Å². The number of imidazole rings is 1. The van der Waals surface area contributed by atoms with Crippen molar-refractivity contribution >= 4 is 23.3 Å². The minimum Gasteiger partial charge on any atom is -0.331 e. The van der Waals surface area contributed by atoms with Crippen LogP contribution in [0.25, 0.3) is 11.0 Å². The van der Waals surface area contributed by atoms with Crippen LogP contribution in [0.2, 0.25) is 0 Å². The fourth-order valence-corrected chi connectivity index (χ4v) is 3.08. The number of rotatable bonds is 3. The van der Waals surface area contributed by atoms with Crippen molar-refractivity contribution in [2.24, 2.45) is 0 Å². The summed E-state index contributed by atoms with van der Waals surface area (Å²) in [5.41, 5.74) is 3.73. The Morgan fingerprint density at radius 2 is 2.06 bits per heavy atom. The molecular formula is C14H20N2S. The Morgan fingerprint density at radius 1 is 1.35 bits per heavy atom. The Morgan fingerprint density at radius 3 is 2.71 bits per heavy atom. The predicted molar refractivity (Wildman–Crippen MR) is 76.1 cm³/mol. The number of H-pyrrole nitrogens is 1. The molecule has 0 amide bonds. The van der Waals surface area contributed by atoms with Crippen LogP contribution >= 0.6 is 12.2 Å². The van der Waals surface area contributed by atoms with E-state index in [1.54, 1.807) is 0 Å². The van der Waals surface area contributed by atoms with Crippen LogP contribution in [0.4, 0.5) is 0 Å². The highest BCUT2D eigenvalue weighted by Crippen LogP contribution is 2.29. The van der Waals surface area contributed by atoms with Gasteiger partial charge in [-0.2, -0.15) is 0 Å². The SMILES string of the molecule is CCCC(C)(C)n1c(=S)[nH]c2cccc(C)c21. The topological polar surface area (TPSA) is 20.7 Å². The van der Waals surface area contributed by atoms with Crippen molar-refractivity contribution < 1.29 is 0 Å². The van der Waals surface area contributed by atoms with E-state index in [1.807, 2.05) is 0 Å². The third-order valence-corrected chi connectivity index (χ3v) is 3.66. The van der Waals surface area contributed by atoms with Gasteiger partial charge in [-0.3, -0.25) is 0 Å². The number of hydrogen-bond acceptors (Lipinski definition) is 1. The largest absolute Gasteiger partial charge is 0.331 e. The Balaban J connectivity index is 2.77. The lowest BCUT2D eigenvalue weighted by atomic mass is 9.98. The Hall–Kier alpha value is -1.09. The molecule has 2 nitrogen and oxygen atoms in total. The third kappa shape index (κ3) is 2.04. The molecule has 1 aromatic heterocycles. The van der Waals surface area contributed by atoms with E-state index in [4.69, 9.17) is 12.2 Å². The predicted octanol–water partition coefficient (Wildman–Crippen LogP) is 4.54. The highest BCUT2D eigenvalue weighted by Gasteiger charge is 2.23. The lowest BCUT2D eigenvalue weighted by Gasteiger charge is -2.27. The number of fused-ring (bicyclic) bond motifs is 1. The summed E-state index contributed by atoms with van der Waals surface area (Å²) in [5.74, 6) is 0. The van der Waals surface area contributed by atoms with Gasteiger partial charge >= 0.3 is 0 Å². The molecule has 0 unspecified atom stereocenters. The van der Waals surface area contributed by atoms with Crippen LogP contribution in [-0.4, -0.2) is 9.55 Å². The molecule has 0 aliphatic heterocycles. The number of para-hydroxylation sites is 1. The number of nitrogens with zero attached hydrogens (tertiary/aromatic N) is 1. The van der Waals surface area contributed by atoms with E-state index in [0.717, 1.165) is 23.1 Å². The maximum atomic E-state index is 5.48. The first kappa shape index (κ1) is 12.4. The number of aryl methyl sites for hydroxylation is 1. The maximum Gasteiger partial charge on any atom is 0.178 e. The van der Waals surface area contributed by atoms with Gasteiger partial charge in [-0.25, -0.2) is 0 Å². The summed E-state index contributed by atoms with van der Waals surface area (Å²) in [6, 6.07) is 6.31. The van der Waals surface area contributed by atoms with E-state index in [1.165, 1.54) is 11.1 Å². The summed E-state index contributed by atoms with van der Waals surface area (Å²) in [6.45, 7) is 8.87. The van der Waals surface area contributed by atoms with Crippen molar-refractivity contribution in [1.82, 2.24) is 9.55 Å². The summed E-state index contributed by atoms with van der Waals surface area (Å²) in [7, 11) is 0. The van der Waals surface area contributed by atoms with E-state index < -0.39 is 0 Å². The van der Waals surface area contributed by atoms with Crippen LogP contribution in [0.5, 0.6) is 0 Å². The van der Waals surface area contributed by atoms with E-state index in [2.05, 4.69) is 55.4 Å². The van der Waals surface area contributed by atoms with Gasteiger partial charge in [0.05, 0.1) is 11.0 Å². The highest BCUT2D eigenvalue weighted by molar-refractivity contribution is 7.71. The molecule has 1 aromatic carbocycles. The number of aromatic amines is 1. The molecule has 0 bridgehead atoms. The molecule has 0 spiro atoms. The van der Waals surface area contributed by atoms with Crippen molar-refractivity contribution in [2.45, 2.75) is 46.1 Å². The number of nitrogens with one attached hydrogen (secondary N) is 1. The zero-order valence-electron chi connectivity index (χ0n) is 11.0. The maximum absolute atomic E-state index is 5.48. The Kier molecular flexibility index (Phi) is 3.13. The van der Waals surface area contributed by atoms with Crippen molar-refractivity contribution in [3.8, 4) is 0 Å². The lowest BCUT2D eigenvalue weighted by molar-refractivity contribution is 0.329. The molecule has 0 radical (unpaired) electrons. The van der Waals surface area contributed by atoms with Gasteiger partial charge in [-0.05, 0) is 51.0 Å². The summed E-state index contributed by atoms with van der Waals surface area (Å²) >= 11 is 5.48. The van der Waals surface area contributed by atoms with Crippen LogP contribution in [-0.2, 0) is 5.54 Å². The molecule has 17 heavy (non-hydrogen) atoms. The third-order valence-electron chi connectivity index (χ3n) is 3.37. The van der Waals surface area contributed by atoms with Gasteiger partial charge in [0.15, 0.2) is 4.77 Å². The van der Waals surface area contributed by atoms with Crippen LogP contribution in [0.15, 0.2) is 18.2 Å². The first-order valence-electron chi connectivity index (χ1n) is 6.18. The van der Waals surface area contributed by atoms with Gasteiger partial charge in [0.2, 0.25) is 0 Å². The van der Waals surface area contributed by atoms with E-state index >= 15 is 0 Å².